The Balaban J connectivity index is 1.45. The number of aromatic nitrogens is 3. The quantitative estimate of drug-likeness (QED) is 0.893. The Bertz CT molecular complexity index is 818. The summed E-state index contributed by atoms with van der Waals surface area (Å²) in [6, 6.07) is 8.16. The van der Waals surface area contributed by atoms with Crippen LogP contribution in [0.4, 0.5) is 0 Å². The summed E-state index contributed by atoms with van der Waals surface area (Å²) in [5, 5.41) is 12.1. The first-order valence-corrected chi connectivity index (χ1v) is 9.57. The van der Waals surface area contributed by atoms with Crippen molar-refractivity contribution in [1.82, 2.24) is 25.0 Å². The van der Waals surface area contributed by atoms with Crippen LogP contribution in [0.5, 0.6) is 0 Å². The van der Waals surface area contributed by atoms with E-state index in [-0.39, 0.29) is 11.9 Å². The molecule has 2 atom stereocenters. The van der Waals surface area contributed by atoms with Gasteiger partial charge < -0.3 is 9.88 Å². The Morgan fingerprint density at radius 3 is 2.85 bits per heavy atom. The van der Waals surface area contributed by atoms with E-state index >= 15 is 0 Å². The van der Waals surface area contributed by atoms with Gasteiger partial charge in [0, 0.05) is 43.7 Å². The number of fused-ring (bicyclic) bond motifs is 2. The highest BCUT2D eigenvalue weighted by Crippen LogP contribution is 2.33. The van der Waals surface area contributed by atoms with E-state index in [9.17, 15) is 4.79 Å². The second-order valence-corrected chi connectivity index (χ2v) is 8.16. The first-order valence-electron chi connectivity index (χ1n) is 9.19. The topological polar surface area (TPSA) is 63.1 Å². The van der Waals surface area contributed by atoms with E-state index < -0.39 is 0 Å². The van der Waals surface area contributed by atoms with Gasteiger partial charge in [0.1, 0.15) is 5.82 Å². The van der Waals surface area contributed by atoms with Crippen LogP contribution in [0.25, 0.3) is 0 Å². The summed E-state index contributed by atoms with van der Waals surface area (Å²) in [5.41, 5.74) is 1.24. The second-order valence-electron chi connectivity index (χ2n) is 7.73. The molecule has 1 aromatic heterocycles. The van der Waals surface area contributed by atoms with Crippen molar-refractivity contribution in [1.29, 1.82) is 0 Å². The Hall–Kier alpha value is -1.92. The van der Waals surface area contributed by atoms with Gasteiger partial charge in [0.15, 0.2) is 0 Å². The fourth-order valence-corrected chi connectivity index (χ4v) is 4.35. The summed E-state index contributed by atoms with van der Waals surface area (Å²) in [7, 11) is 0. The van der Waals surface area contributed by atoms with E-state index in [0.717, 1.165) is 43.4 Å². The molecule has 1 amide bonds. The molecule has 2 aliphatic rings. The molecule has 1 saturated heterocycles. The monoisotopic (exact) mass is 373 g/mol. The van der Waals surface area contributed by atoms with E-state index in [1.807, 2.05) is 36.6 Å². The molecule has 1 N–H and O–H groups in total. The summed E-state index contributed by atoms with van der Waals surface area (Å²) in [4.78, 5) is 14.8. The van der Waals surface area contributed by atoms with Gasteiger partial charge in [-0.25, -0.2) is 0 Å². The van der Waals surface area contributed by atoms with Crippen LogP contribution in [0.2, 0.25) is 5.02 Å². The third kappa shape index (κ3) is 3.48. The minimum absolute atomic E-state index is 0.0893. The highest BCUT2D eigenvalue weighted by atomic mass is 35.5. The van der Waals surface area contributed by atoms with E-state index in [2.05, 4.69) is 26.5 Å². The molecule has 0 bridgehead atoms. The lowest BCUT2D eigenvalue weighted by atomic mass is 9.89. The predicted molar refractivity (Wildman–Crippen MR) is 100 cm³/mol. The SMILES string of the molecule is CC(C)NC(=O)c1nnc2n1C[C@@H]1CN(Cc3cccc(Cl)c3)C[C@H]1C2. The number of benzene rings is 1. The van der Waals surface area contributed by atoms with Crippen LogP contribution in [0.15, 0.2) is 24.3 Å². The van der Waals surface area contributed by atoms with Gasteiger partial charge >= 0.3 is 0 Å². The highest BCUT2D eigenvalue weighted by Gasteiger charge is 2.39. The molecule has 4 rings (SSSR count). The number of nitrogens with one attached hydrogen (secondary N) is 1. The van der Waals surface area contributed by atoms with Gasteiger partial charge in [0.25, 0.3) is 5.91 Å². The number of carbonyl (C=O) groups is 1. The third-order valence-electron chi connectivity index (χ3n) is 5.26. The average Bonchev–Trinajstić information content (AvgIpc) is 3.14. The molecule has 0 radical (unpaired) electrons. The molecule has 1 fully saturated rings. The Morgan fingerprint density at radius 1 is 1.27 bits per heavy atom. The van der Waals surface area contributed by atoms with Crippen molar-refractivity contribution in [3.63, 3.8) is 0 Å². The van der Waals surface area contributed by atoms with Crippen molar-refractivity contribution < 1.29 is 4.79 Å². The molecule has 3 heterocycles. The summed E-state index contributed by atoms with van der Waals surface area (Å²) in [5.74, 6) is 2.35. The predicted octanol–water partition coefficient (Wildman–Crippen LogP) is 2.37. The minimum atomic E-state index is -0.133. The van der Waals surface area contributed by atoms with Gasteiger partial charge in [0.05, 0.1) is 0 Å². The van der Waals surface area contributed by atoms with Crippen molar-refractivity contribution in [2.75, 3.05) is 13.1 Å². The molecule has 7 heteroatoms. The number of hydrogen-bond acceptors (Lipinski definition) is 4. The number of carbonyl (C=O) groups excluding carboxylic acids is 1. The van der Waals surface area contributed by atoms with Crippen molar-refractivity contribution in [3.05, 3.63) is 46.5 Å². The van der Waals surface area contributed by atoms with Crippen LogP contribution in [-0.2, 0) is 19.5 Å². The van der Waals surface area contributed by atoms with E-state index in [1.54, 1.807) is 0 Å². The number of rotatable bonds is 4. The Morgan fingerprint density at radius 2 is 2.08 bits per heavy atom. The van der Waals surface area contributed by atoms with E-state index in [0.29, 0.717) is 17.7 Å². The normalized spacial score (nSPS) is 22.3. The molecule has 0 spiro atoms. The zero-order chi connectivity index (χ0) is 18.3. The number of nitrogens with zero attached hydrogens (tertiary/aromatic N) is 4. The largest absolute Gasteiger partial charge is 0.347 e. The maximum absolute atomic E-state index is 12.4. The summed E-state index contributed by atoms with van der Waals surface area (Å²) >= 11 is 6.11. The van der Waals surface area contributed by atoms with Gasteiger partial charge in [-0.05, 0) is 43.4 Å². The van der Waals surface area contributed by atoms with Crippen molar-refractivity contribution in [3.8, 4) is 0 Å². The number of hydrogen-bond donors (Lipinski definition) is 1. The molecular formula is C19H24ClN5O. The van der Waals surface area contributed by atoms with Crippen molar-refractivity contribution in [2.24, 2.45) is 11.8 Å². The van der Waals surface area contributed by atoms with Crippen LogP contribution in [-0.4, -0.2) is 44.7 Å². The molecular weight excluding hydrogens is 350 g/mol. The van der Waals surface area contributed by atoms with Gasteiger partial charge in [-0.1, -0.05) is 23.7 Å². The summed E-state index contributed by atoms with van der Waals surface area (Å²) < 4.78 is 2.02. The molecule has 6 nitrogen and oxygen atoms in total. The van der Waals surface area contributed by atoms with Crippen LogP contribution in [0.1, 0.15) is 35.9 Å². The van der Waals surface area contributed by atoms with Crippen LogP contribution >= 0.6 is 11.6 Å². The Labute approximate surface area is 158 Å². The molecule has 1 aromatic carbocycles. The standard InChI is InChI=1S/C19H24ClN5O/c1-12(2)21-19(26)18-23-22-17-7-14-9-24(10-15(14)11-25(17)18)8-13-4-3-5-16(20)6-13/h3-6,12,14-15H,7-11H2,1-2H3,(H,21,26)/t14-,15+/m1/s1. The lowest BCUT2D eigenvalue weighted by Crippen LogP contribution is -2.35. The van der Waals surface area contributed by atoms with Crippen molar-refractivity contribution >= 4 is 17.5 Å². The fourth-order valence-electron chi connectivity index (χ4n) is 4.14. The summed E-state index contributed by atoms with van der Waals surface area (Å²) in [6.07, 6.45) is 0.888. The molecule has 2 aromatic rings. The maximum atomic E-state index is 12.4. The number of likely N-dealkylation sites (tertiary alicyclic amines) is 1. The van der Waals surface area contributed by atoms with Gasteiger partial charge in [-0.3, -0.25) is 9.69 Å². The van der Waals surface area contributed by atoms with Crippen LogP contribution in [0, 0.1) is 11.8 Å². The molecule has 0 saturated carbocycles. The third-order valence-corrected chi connectivity index (χ3v) is 5.49. The zero-order valence-corrected chi connectivity index (χ0v) is 15.9. The molecule has 138 valence electrons. The minimum Gasteiger partial charge on any atom is -0.347 e. The lowest BCUT2D eigenvalue weighted by molar-refractivity contribution is 0.0924. The number of amides is 1. The lowest BCUT2D eigenvalue weighted by Gasteiger charge is -2.25. The van der Waals surface area contributed by atoms with E-state index in [4.69, 9.17) is 11.6 Å². The fraction of sp³-hybridized carbons (Fsp3) is 0.526. The molecule has 0 unspecified atom stereocenters. The maximum Gasteiger partial charge on any atom is 0.289 e. The second kappa shape index (κ2) is 7.00. The van der Waals surface area contributed by atoms with Gasteiger partial charge in [-0.2, -0.15) is 0 Å². The molecule has 26 heavy (non-hydrogen) atoms. The van der Waals surface area contributed by atoms with Crippen molar-refractivity contribution in [2.45, 2.75) is 39.4 Å². The van der Waals surface area contributed by atoms with Crippen LogP contribution < -0.4 is 5.32 Å². The average molecular weight is 374 g/mol. The van der Waals surface area contributed by atoms with E-state index in [1.165, 1.54) is 5.56 Å². The Kier molecular flexibility index (Phi) is 4.71. The van der Waals surface area contributed by atoms with Gasteiger partial charge in [-0.15, -0.1) is 10.2 Å². The smallest absolute Gasteiger partial charge is 0.289 e. The zero-order valence-electron chi connectivity index (χ0n) is 15.2. The highest BCUT2D eigenvalue weighted by molar-refractivity contribution is 6.30. The van der Waals surface area contributed by atoms with Gasteiger partial charge in [0.2, 0.25) is 5.82 Å². The first-order chi connectivity index (χ1) is 12.5. The molecule has 2 aliphatic heterocycles. The first kappa shape index (κ1) is 17.5. The number of halogens is 1. The van der Waals surface area contributed by atoms with Crippen LogP contribution in [0.3, 0.4) is 0 Å². The summed E-state index contributed by atoms with van der Waals surface area (Å²) in [6.45, 7) is 7.71. The molecule has 0 aliphatic carbocycles.